The van der Waals surface area contributed by atoms with E-state index in [0.717, 1.165) is 18.6 Å². The molecule has 1 aromatic carbocycles. The van der Waals surface area contributed by atoms with E-state index in [1.165, 1.54) is 6.07 Å². The van der Waals surface area contributed by atoms with E-state index in [1.807, 2.05) is 6.07 Å². The summed E-state index contributed by atoms with van der Waals surface area (Å²) in [4.78, 5) is 10.4. The van der Waals surface area contributed by atoms with E-state index in [-0.39, 0.29) is 10.6 Å². The molecule has 0 aromatic heterocycles. The Morgan fingerprint density at radius 1 is 1.50 bits per heavy atom. The zero-order valence-electron chi connectivity index (χ0n) is 8.89. The molecule has 2 rings (SSSR count). The molecule has 1 saturated heterocycles. The van der Waals surface area contributed by atoms with Gasteiger partial charge in [-0.25, -0.2) is 0 Å². The predicted molar refractivity (Wildman–Crippen MR) is 59.2 cm³/mol. The maximum absolute atomic E-state index is 10.8. The number of para-hydroxylation sites is 1. The van der Waals surface area contributed by atoms with Gasteiger partial charge in [0.1, 0.15) is 0 Å². The highest BCUT2D eigenvalue weighted by molar-refractivity contribution is 5.39. The smallest absolute Gasteiger partial charge is 0.273 e. The van der Waals surface area contributed by atoms with Gasteiger partial charge in [-0.05, 0) is 6.42 Å². The number of nitro groups is 1. The van der Waals surface area contributed by atoms with E-state index in [9.17, 15) is 10.1 Å². The molecule has 1 unspecified atom stereocenters. The van der Waals surface area contributed by atoms with Crippen molar-refractivity contribution in [2.75, 3.05) is 13.2 Å². The molecule has 1 aliphatic heterocycles. The number of rotatable bonds is 4. The van der Waals surface area contributed by atoms with Crippen molar-refractivity contribution in [1.82, 2.24) is 5.32 Å². The maximum Gasteiger partial charge on any atom is 0.273 e. The van der Waals surface area contributed by atoms with Crippen LogP contribution >= 0.6 is 0 Å². The first-order valence-corrected chi connectivity index (χ1v) is 5.31. The lowest BCUT2D eigenvalue weighted by molar-refractivity contribution is -0.385. The standard InChI is InChI=1S/C11H14N2O3/c14-13(15)11-4-2-1-3-9(11)7-12-10-5-6-16-8-10/h1-4,10,12H,5-8H2. The van der Waals surface area contributed by atoms with Crippen LogP contribution in [0.1, 0.15) is 12.0 Å². The fraction of sp³-hybridized carbons (Fsp3) is 0.455. The molecule has 1 atom stereocenters. The lowest BCUT2D eigenvalue weighted by Gasteiger charge is -2.10. The number of nitrogens with one attached hydrogen (secondary N) is 1. The van der Waals surface area contributed by atoms with E-state index < -0.39 is 0 Å². The second-order valence-electron chi connectivity index (χ2n) is 3.83. The molecule has 1 aliphatic rings. The Kier molecular flexibility index (Phi) is 3.48. The van der Waals surface area contributed by atoms with E-state index in [0.29, 0.717) is 19.2 Å². The van der Waals surface area contributed by atoms with Gasteiger partial charge in [0.05, 0.1) is 11.5 Å². The Bertz CT molecular complexity index is 375. The van der Waals surface area contributed by atoms with Crippen molar-refractivity contribution in [1.29, 1.82) is 0 Å². The number of nitro benzene ring substituents is 1. The lowest BCUT2D eigenvalue weighted by atomic mass is 10.1. The van der Waals surface area contributed by atoms with Crippen molar-refractivity contribution < 1.29 is 9.66 Å². The van der Waals surface area contributed by atoms with Crippen molar-refractivity contribution in [3.05, 3.63) is 39.9 Å². The Morgan fingerprint density at radius 3 is 3.00 bits per heavy atom. The summed E-state index contributed by atoms with van der Waals surface area (Å²) in [6, 6.07) is 7.12. The molecule has 0 bridgehead atoms. The van der Waals surface area contributed by atoms with E-state index >= 15 is 0 Å². The Labute approximate surface area is 93.6 Å². The van der Waals surface area contributed by atoms with Crippen LogP contribution in [0.4, 0.5) is 5.69 Å². The summed E-state index contributed by atoms with van der Waals surface area (Å²) in [6.45, 7) is 1.99. The molecule has 1 N–H and O–H groups in total. The highest BCUT2D eigenvalue weighted by Gasteiger charge is 2.17. The van der Waals surface area contributed by atoms with Gasteiger partial charge in [-0.3, -0.25) is 10.1 Å². The zero-order chi connectivity index (χ0) is 11.4. The molecule has 0 aliphatic carbocycles. The van der Waals surface area contributed by atoms with Crippen molar-refractivity contribution in [2.24, 2.45) is 0 Å². The van der Waals surface area contributed by atoms with E-state index in [4.69, 9.17) is 4.74 Å². The molecular weight excluding hydrogens is 208 g/mol. The van der Waals surface area contributed by atoms with Gasteiger partial charge in [-0.1, -0.05) is 18.2 Å². The van der Waals surface area contributed by atoms with Gasteiger partial charge in [0, 0.05) is 30.8 Å². The first-order chi connectivity index (χ1) is 7.77. The molecule has 0 amide bonds. The quantitative estimate of drug-likeness (QED) is 0.619. The van der Waals surface area contributed by atoms with Crippen LogP contribution in [0.2, 0.25) is 0 Å². The molecule has 1 fully saturated rings. The SMILES string of the molecule is O=[N+]([O-])c1ccccc1CNC1CCOC1. The van der Waals surface area contributed by atoms with Gasteiger partial charge in [0.15, 0.2) is 0 Å². The Hall–Kier alpha value is -1.46. The van der Waals surface area contributed by atoms with Crippen LogP contribution < -0.4 is 5.32 Å². The second kappa shape index (κ2) is 5.05. The Balaban J connectivity index is 2.00. The third kappa shape index (κ3) is 2.56. The van der Waals surface area contributed by atoms with Crippen LogP contribution in [-0.4, -0.2) is 24.2 Å². The third-order valence-corrected chi connectivity index (χ3v) is 2.70. The number of hydrogen-bond acceptors (Lipinski definition) is 4. The summed E-state index contributed by atoms with van der Waals surface area (Å²) in [5, 5.41) is 14.0. The molecular formula is C11H14N2O3. The highest BCUT2D eigenvalue weighted by atomic mass is 16.6. The molecule has 5 nitrogen and oxygen atoms in total. The molecule has 0 radical (unpaired) electrons. The highest BCUT2D eigenvalue weighted by Crippen LogP contribution is 2.17. The number of hydrogen-bond donors (Lipinski definition) is 1. The molecule has 5 heteroatoms. The summed E-state index contributed by atoms with van der Waals surface area (Å²) < 4.78 is 5.23. The van der Waals surface area contributed by atoms with Gasteiger partial charge in [-0.2, -0.15) is 0 Å². The minimum atomic E-state index is -0.345. The number of nitrogens with zero attached hydrogens (tertiary/aromatic N) is 1. The molecule has 1 heterocycles. The summed E-state index contributed by atoms with van der Waals surface area (Å²) >= 11 is 0. The van der Waals surface area contributed by atoms with Gasteiger partial charge in [-0.15, -0.1) is 0 Å². The van der Waals surface area contributed by atoms with Crippen molar-refractivity contribution >= 4 is 5.69 Å². The van der Waals surface area contributed by atoms with E-state index in [2.05, 4.69) is 5.32 Å². The van der Waals surface area contributed by atoms with E-state index in [1.54, 1.807) is 12.1 Å². The van der Waals surface area contributed by atoms with Crippen LogP contribution in [0.3, 0.4) is 0 Å². The van der Waals surface area contributed by atoms with Crippen LogP contribution in [0.15, 0.2) is 24.3 Å². The van der Waals surface area contributed by atoms with Crippen molar-refractivity contribution in [3.8, 4) is 0 Å². The molecule has 86 valence electrons. The van der Waals surface area contributed by atoms with Gasteiger partial charge < -0.3 is 10.1 Å². The summed E-state index contributed by atoms with van der Waals surface area (Å²) in [5.41, 5.74) is 0.897. The van der Waals surface area contributed by atoms with Gasteiger partial charge >= 0.3 is 0 Å². The molecule has 0 spiro atoms. The maximum atomic E-state index is 10.8. The number of benzene rings is 1. The first-order valence-electron chi connectivity index (χ1n) is 5.31. The summed E-state index contributed by atoms with van der Waals surface area (Å²) in [6.07, 6.45) is 0.973. The topological polar surface area (TPSA) is 64.4 Å². The average Bonchev–Trinajstić information content (AvgIpc) is 2.79. The minimum absolute atomic E-state index is 0.175. The lowest BCUT2D eigenvalue weighted by Crippen LogP contribution is -2.28. The monoisotopic (exact) mass is 222 g/mol. The molecule has 16 heavy (non-hydrogen) atoms. The van der Waals surface area contributed by atoms with Crippen molar-refractivity contribution in [3.63, 3.8) is 0 Å². The molecule has 1 aromatic rings. The predicted octanol–water partition coefficient (Wildman–Crippen LogP) is 1.47. The second-order valence-corrected chi connectivity index (χ2v) is 3.83. The van der Waals surface area contributed by atoms with Gasteiger partial charge in [0.2, 0.25) is 0 Å². The van der Waals surface area contributed by atoms with Gasteiger partial charge in [0.25, 0.3) is 5.69 Å². The number of ether oxygens (including phenoxy) is 1. The first kappa shape index (κ1) is 11.0. The summed E-state index contributed by atoms with van der Waals surface area (Å²) in [7, 11) is 0. The van der Waals surface area contributed by atoms with Crippen LogP contribution in [0, 0.1) is 10.1 Å². The molecule has 0 saturated carbocycles. The normalized spacial score (nSPS) is 19.9. The van der Waals surface area contributed by atoms with Crippen molar-refractivity contribution in [2.45, 2.75) is 19.0 Å². The third-order valence-electron chi connectivity index (χ3n) is 2.70. The van der Waals surface area contributed by atoms with Crippen LogP contribution in [0.25, 0.3) is 0 Å². The fourth-order valence-electron chi connectivity index (χ4n) is 1.79. The average molecular weight is 222 g/mol. The largest absolute Gasteiger partial charge is 0.380 e. The van der Waals surface area contributed by atoms with Crippen LogP contribution in [0.5, 0.6) is 0 Å². The summed E-state index contributed by atoms with van der Waals surface area (Å²) in [5.74, 6) is 0. The minimum Gasteiger partial charge on any atom is -0.380 e. The zero-order valence-corrected chi connectivity index (χ0v) is 8.89. The van der Waals surface area contributed by atoms with Crippen LogP contribution in [-0.2, 0) is 11.3 Å². The Morgan fingerprint density at radius 2 is 2.31 bits per heavy atom. The fourth-order valence-corrected chi connectivity index (χ4v) is 1.79.